The van der Waals surface area contributed by atoms with Gasteiger partial charge in [0.15, 0.2) is 6.61 Å². The van der Waals surface area contributed by atoms with Gasteiger partial charge in [0.05, 0.1) is 10.6 Å². The van der Waals surface area contributed by atoms with E-state index in [2.05, 4.69) is 36.9 Å². The summed E-state index contributed by atoms with van der Waals surface area (Å²) in [4.78, 5) is 31.6. The molecule has 0 spiro atoms. The van der Waals surface area contributed by atoms with Gasteiger partial charge in [-0.1, -0.05) is 12.1 Å². The normalized spacial score (nSPS) is 20.9. The molecule has 0 radical (unpaired) electrons. The molecule has 3 aliphatic heterocycles. The number of aryl methyl sites for hydroxylation is 1. The van der Waals surface area contributed by atoms with Crippen LogP contribution >= 0.6 is 0 Å². The lowest BCUT2D eigenvalue weighted by Gasteiger charge is -2.42. The SMILES string of the molecule is Cc1cccc(N2CCN(C(=O)CN3C(=O)COc4ccc(S(=O)(=O)N5CCCC5)cc43)C[C@@H]2C)c1. The van der Waals surface area contributed by atoms with Crippen LogP contribution in [0.5, 0.6) is 5.75 Å². The molecule has 2 aromatic rings. The second kappa shape index (κ2) is 9.74. The molecule has 36 heavy (non-hydrogen) atoms. The van der Waals surface area contributed by atoms with Gasteiger partial charge in [-0.2, -0.15) is 4.31 Å². The minimum absolute atomic E-state index is 0.110. The summed E-state index contributed by atoms with van der Waals surface area (Å²) in [6.07, 6.45) is 1.67. The fourth-order valence-electron chi connectivity index (χ4n) is 5.20. The number of piperazine rings is 1. The molecule has 2 amide bonds. The highest BCUT2D eigenvalue weighted by atomic mass is 32.2. The van der Waals surface area contributed by atoms with Crippen LogP contribution in [-0.2, 0) is 19.6 Å². The van der Waals surface area contributed by atoms with E-state index < -0.39 is 10.0 Å². The highest BCUT2D eigenvalue weighted by Crippen LogP contribution is 2.35. The van der Waals surface area contributed by atoms with Gasteiger partial charge >= 0.3 is 0 Å². The number of hydrogen-bond acceptors (Lipinski definition) is 6. The van der Waals surface area contributed by atoms with Crippen molar-refractivity contribution in [3.63, 3.8) is 0 Å². The van der Waals surface area contributed by atoms with Gasteiger partial charge < -0.3 is 14.5 Å². The molecule has 192 valence electrons. The zero-order chi connectivity index (χ0) is 25.4. The number of nitrogens with zero attached hydrogens (tertiary/aromatic N) is 4. The third kappa shape index (κ3) is 4.67. The van der Waals surface area contributed by atoms with E-state index in [9.17, 15) is 18.0 Å². The summed E-state index contributed by atoms with van der Waals surface area (Å²) in [5.74, 6) is -0.127. The first-order valence-corrected chi connectivity index (χ1v) is 13.9. The zero-order valence-corrected chi connectivity index (χ0v) is 21.5. The Morgan fingerprint density at radius 1 is 1.06 bits per heavy atom. The first kappa shape index (κ1) is 24.6. The number of carbonyl (C=O) groups excluding carboxylic acids is 2. The van der Waals surface area contributed by atoms with Gasteiger partial charge in [-0.25, -0.2) is 8.42 Å². The van der Waals surface area contributed by atoms with E-state index in [4.69, 9.17) is 4.74 Å². The Morgan fingerprint density at radius 2 is 1.83 bits per heavy atom. The summed E-state index contributed by atoms with van der Waals surface area (Å²) in [7, 11) is -3.67. The van der Waals surface area contributed by atoms with E-state index in [1.54, 1.807) is 11.0 Å². The molecule has 3 aliphatic rings. The number of sulfonamides is 1. The molecule has 2 saturated heterocycles. The van der Waals surface area contributed by atoms with Crippen molar-refractivity contribution in [3.8, 4) is 5.75 Å². The number of fused-ring (bicyclic) bond motifs is 1. The zero-order valence-electron chi connectivity index (χ0n) is 20.7. The Morgan fingerprint density at radius 3 is 2.56 bits per heavy atom. The van der Waals surface area contributed by atoms with Gasteiger partial charge in [-0.05, 0) is 62.6 Å². The molecule has 3 heterocycles. The monoisotopic (exact) mass is 512 g/mol. The summed E-state index contributed by atoms with van der Waals surface area (Å²) >= 11 is 0. The molecule has 0 bridgehead atoms. The molecule has 0 N–H and O–H groups in total. The van der Waals surface area contributed by atoms with Crippen molar-refractivity contribution < 1.29 is 22.7 Å². The Balaban J connectivity index is 1.32. The number of benzene rings is 2. The molecule has 0 saturated carbocycles. The average Bonchev–Trinajstić information content (AvgIpc) is 3.41. The number of hydrogen-bond donors (Lipinski definition) is 0. The van der Waals surface area contributed by atoms with Crippen LogP contribution < -0.4 is 14.5 Å². The molecule has 1 atom stereocenters. The lowest BCUT2D eigenvalue weighted by atomic mass is 10.1. The molecule has 2 fully saturated rings. The Labute approximate surface area is 212 Å². The number of carbonyl (C=O) groups is 2. The van der Waals surface area contributed by atoms with Crippen molar-refractivity contribution >= 4 is 33.2 Å². The summed E-state index contributed by atoms with van der Waals surface area (Å²) in [5, 5.41) is 0. The van der Waals surface area contributed by atoms with Gasteiger partial charge in [0.25, 0.3) is 5.91 Å². The van der Waals surface area contributed by atoms with Crippen LogP contribution in [0.1, 0.15) is 25.3 Å². The van der Waals surface area contributed by atoms with E-state index >= 15 is 0 Å². The Kier molecular flexibility index (Phi) is 6.65. The van der Waals surface area contributed by atoms with Gasteiger partial charge in [0, 0.05) is 44.5 Å². The number of rotatable bonds is 5. The smallest absolute Gasteiger partial charge is 0.265 e. The van der Waals surface area contributed by atoms with Crippen LogP contribution in [0.4, 0.5) is 11.4 Å². The lowest BCUT2D eigenvalue weighted by Crippen LogP contribution is -2.56. The average molecular weight is 513 g/mol. The van der Waals surface area contributed by atoms with Crippen molar-refractivity contribution in [2.75, 3.05) is 55.7 Å². The van der Waals surface area contributed by atoms with Crippen LogP contribution in [0.25, 0.3) is 0 Å². The van der Waals surface area contributed by atoms with Gasteiger partial charge in [0.2, 0.25) is 15.9 Å². The second-order valence-electron chi connectivity index (χ2n) is 9.73. The predicted octanol–water partition coefficient (Wildman–Crippen LogP) is 2.24. The fourth-order valence-corrected chi connectivity index (χ4v) is 6.74. The number of amides is 2. The molecule has 5 rings (SSSR count). The second-order valence-corrected chi connectivity index (χ2v) is 11.7. The standard InChI is InChI=1S/C26H32N4O5S/c1-19-6-5-7-21(14-19)29-13-12-27(16-20(29)2)25(31)17-30-23-15-22(8-9-24(23)35-18-26(30)32)36(33,34)28-10-3-4-11-28/h5-9,14-15,20H,3-4,10-13,16-18H2,1-2H3/t20-/m0/s1. The molecular weight excluding hydrogens is 480 g/mol. The maximum Gasteiger partial charge on any atom is 0.265 e. The maximum atomic E-state index is 13.3. The van der Waals surface area contributed by atoms with Crippen LogP contribution in [0.15, 0.2) is 47.4 Å². The van der Waals surface area contributed by atoms with Crippen molar-refractivity contribution in [2.24, 2.45) is 0 Å². The summed E-state index contributed by atoms with van der Waals surface area (Å²) in [5.41, 5.74) is 2.65. The molecule has 10 heteroatoms. The van der Waals surface area contributed by atoms with Gasteiger partial charge in [-0.15, -0.1) is 0 Å². The first-order valence-electron chi connectivity index (χ1n) is 12.4. The molecule has 2 aromatic carbocycles. The topological polar surface area (TPSA) is 90.5 Å². The lowest BCUT2D eigenvalue weighted by molar-refractivity contribution is -0.132. The molecular formula is C26H32N4O5S. The van der Waals surface area contributed by atoms with Crippen LogP contribution in [0, 0.1) is 6.92 Å². The summed E-state index contributed by atoms with van der Waals surface area (Å²) in [6.45, 7) is 6.58. The third-order valence-electron chi connectivity index (χ3n) is 7.18. The minimum atomic E-state index is -3.67. The van der Waals surface area contributed by atoms with Gasteiger partial charge in [0.1, 0.15) is 12.3 Å². The van der Waals surface area contributed by atoms with Crippen LogP contribution in [-0.4, -0.2) is 81.4 Å². The summed E-state index contributed by atoms with van der Waals surface area (Å²) < 4.78 is 33.2. The van der Waals surface area contributed by atoms with E-state index in [0.717, 1.165) is 18.5 Å². The largest absolute Gasteiger partial charge is 0.482 e. The quantitative estimate of drug-likeness (QED) is 0.611. The van der Waals surface area contributed by atoms with E-state index in [1.165, 1.54) is 26.9 Å². The van der Waals surface area contributed by atoms with Crippen LogP contribution in [0.2, 0.25) is 0 Å². The molecule has 9 nitrogen and oxygen atoms in total. The maximum absolute atomic E-state index is 13.3. The minimum Gasteiger partial charge on any atom is -0.482 e. The van der Waals surface area contributed by atoms with Crippen molar-refractivity contribution in [1.29, 1.82) is 0 Å². The van der Waals surface area contributed by atoms with Crippen molar-refractivity contribution in [1.82, 2.24) is 9.21 Å². The third-order valence-corrected chi connectivity index (χ3v) is 9.08. The first-order chi connectivity index (χ1) is 17.2. The van der Waals surface area contributed by atoms with Gasteiger partial charge in [-0.3, -0.25) is 14.5 Å². The molecule has 0 unspecified atom stereocenters. The fraction of sp³-hybridized carbons (Fsp3) is 0.462. The van der Waals surface area contributed by atoms with Crippen molar-refractivity contribution in [3.05, 3.63) is 48.0 Å². The number of anilines is 2. The number of ether oxygens (including phenoxy) is 1. The van der Waals surface area contributed by atoms with E-state index in [1.807, 2.05) is 6.07 Å². The highest BCUT2D eigenvalue weighted by molar-refractivity contribution is 7.89. The predicted molar refractivity (Wildman–Crippen MR) is 137 cm³/mol. The van der Waals surface area contributed by atoms with E-state index in [0.29, 0.717) is 44.2 Å². The summed E-state index contributed by atoms with van der Waals surface area (Å²) in [6, 6.07) is 13.0. The molecule has 0 aromatic heterocycles. The van der Waals surface area contributed by atoms with E-state index in [-0.39, 0.29) is 35.9 Å². The molecule has 0 aliphatic carbocycles. The highest BCUT2D eigenvalue weighted by Gasteiger charge is 2.34. The van der Waals surface area contributed by atoms with Crippen molar-refractivity contribution in [2.45, 2.75) is 37.6 Å². The Bertz CT molecular complexity index is 1270. The van der Waals surface area contributed by atoms with Crippen LogP contribution in [0.3, 0.4) is 0 Å². The Hall–Kier alpha value is -3.11.